The van der Waals surface area contributed by atoms with Crippen LogP contribution in [0.5, 0.6) is 0 Å². The molecule has 24 heavy (non-hydrogen) atoms. The Morgan fingerprint density at radius 1 is 1.38 bits per heavy atom. The van der Waals surface area contributed by atoms with Gasteiger partial charge in [0.15, 0.2) is 0 Å². The Labute approximate surface area is 146 Å². The van der Waals surface area contributed by atoms with Crippen LogP contribution in [0.4, 0.5) is 15.8 Å². The third-order valence-corrected chi connectivity index (χ3v) is 3.81. The molecule has 2 rings (SSSR count). The maximum atomic E-state index is 14.3. The summed E-state index contributed by atoms with van der Waals surface area (Å²) in [6.45, 7) is 4.97. The van der Waals surface area contributed by atoms with Crippen LogP contribution in [0.3, 0.4) is 0 Å². The number of anilines is 1. The van der Waals surface area contributed by atoms with Gasteiger partial charge in [-0.2, -0.15) is 4.39 Å². The number of rotatable bonds is 3. The molecule has 0 bridgehead atoms. The number of nitro benzene ring substituents is 1. The minimum Gasteiger partial charge on any atom is -0.319 e. The second-order valence-corrected chi connectivity index (χ2v) is 6.97. The molecular weight excluding hydrogens is 381 g/mol. The summed E-state index contributed by atoms with van der Waals surface area (Å²) in [6.07, 6.45) is 1.51. The van der Waals surface area contributed by atoms with Crippen LogP contribution in [0.1, 0.15) is 20.8 Å². The Morgan fingerprint density at radius 2 is 2.04 bits per heavy atom. The van der Waals surface area contributed by atoms with E-state index in [2.05, 4.69) is 26.2 Å². The molecule has 1 heterocycles. The molecule has 1 amide bonds. The summed E-state index contributed by atoms with van der Waals surface area (Å²) >= 11 is 2.98. The molecule has 0 atom stereocenters. The number of amides is 1. The highest BCUT2D eigenvalue weighted by molar-refractivity contribution is 9.10. The minimum absolute atomic E-state index is 0.0800. The van der Waals surface area contributed by atoms with Gasteiger partial charge in [0.2, 0.25) is 11.7 Å². The molecule has 2 aromatic rings. The molecule has 0 unspecified atom stereocenters. The van der Waals surface area contributed by atoms with Crippen molar-refractivity contribution < 1.29 is 14.1 Å². The molecule has 1 aromatic carbocycles. The number of hydrogen-bond donors (Lipinski definition) is 1. The molecule has 0 radical (unpaired) electrons. The van der Waals surface area contributed by atoms with Gasteiger partial charge in [-0.25, -0.2) is 0 Å². The number of aromatic nitrogens is 1. The number of nitrogens with one attached hydrogen (secondary N) is 1. The Balaban J connectivity index is 2.75. The molecule has 1 aromatic heterocycles. The number of halogens is 2. The number of benzene rings is 1. The summed E-state index contributed by atoms with van der Waals surface area (Å²) in [4.78, 5) is 27.0. The SMILES string of the molecule is CC(C)(C)C(=O)Nc1c(-c2ccccn2)cc(Br)c(F)c1[N+](=O)[O-]. The summed E-state index contributed by atoms with van der Waals surface area (Å²) in [6, 6.07) is 6.36. The van der Waals surface area contributed by atoms with Crippen molar-refractivity contribution in [2.75, 3.05) is 5.32 Å². The van der Waals surface area contributed by atoms with Gasteiger partial charge in [0.05, 0.1) is 15.1 Å². The largest absolute Gasteiger partial charge is 0.329 e. The fraction of sp³-hybridized carbons (Fsp3) is 0.250. The number of carbonyl (C=O) groups excluding carboxylic acids is 1. The molecule has 0 aliphatic heterocycles. The first-order chi connectivity index (χ1) is 11.1. The minimum atomic E-state index is -1.05. The highest BCUT2D eigenvalue weighted by Crippen LogP contribution is 2.41. The quantitative estimate of drug-likeness (QED) is 0.610. The van der Waals surface area contributed by atoms with Crippen LogP contribution >= 0.6 is 15.9 Å². The van der Waals surface area contributed by atoms with Crippen molar-refractivity contribution in [1.82, 2.24) is 4.98 Å². The first-order valence-corrected chi connectivity index (χ1v) is 7.81. The van der Waals surface area contributed by atoms with Crippen molar-refractivity contribution in [2.45, 2.75) is 20.8 Å². The highest BCUT2D eigenvalue weighted by atomic mass is 79.9. The van der Waals surface area contributed by atoms with E-state index in [1.165, 1.54) is 12.3 Å². The zero-order valence-corrected chi connectivity index (χ0v) is 14.8. The van der Waals surface area contributed by atoms with E-state index in [1.807, 2.05) is 0 Å². The predicted octanol–water partition coefficient (Wildman–Crippen LogP) is 4.54. The van der Waals surface area contributed by atoms with Crippen molar-refractivity contribution in [1.29, 1.82) is 0 Å². The number of hydrogen-bond acceptors (Lipinski definition) is 4. The molecule has 0 saturated carbocycles. The second-order valence-electron chi connectivity index (χ2n) is 6.12. The third kappa shape index (κ3) is 3.59. The monoisotopic (exact) mass is 395 g/mol. The number of carbonyl (C=O) groups is 1. The Morgan fingerprint density at radius 3 is 2.54 bits per heavy atom. The Bertz CT molecular complexity index is 804. The lowest BCUT2D eigenvalue weighted by molar-refractivity contribution is -0.386. The lowest BCUT2D eigenvalue weighted by Gasteiger charge is -2.19. The van der Waals surface area contributed by atoms with Crippen LogP contribution in [0.2, 0.25) is 0 Å². The molecule has 1 N–H and O–H groups in total. The van der Waals surface area contributed by atoms with Crippen LogP contribution in [0, 0.1) is 21.3 Å². The maximum Gasteiger partial charge on any atom is 0.329 e. The van der Waals surface area contributed by atoms with Gasteiger partial charge in [0.1, 0.15) is 5.69 Å². The maximum absolute atomic E-state index is 14.3. The van der Waals surface area contributed by atoms with Gasteiger partial charge < -0.3 is 5.32 Å². The van der Waals surface area contributed by atoms with Gasteiger partial charge >= 0.3 is 5.69 Å². The zero-order valence-electron chi connectivity index (χ0n) is 13.3. The summed E-state index contributed by atoms with van der Waals surface area (Å²) in [7, 11) is 0. The van der Waals surface area contributed by atoms with E-state index < -0.39 is 27.8 Å². The number of nitro groups is 1. The van der Waals surface area contributed by atoms with Gasteiger partial charge in [0, 0.05) is 17.2 Å². The van der Waals surface area contributed by atoms with Crippen molar-refractivity contribution in [3.05, 3.63) is 50.9 Å². The lowest BCUT2D eigenvalue weighted by Crippen LogP contribution is -2.28. The molecule has 0 spiro atoms. The lowest BCUT2D eigenvalue weighted by atomic mass is 9.95. The molecule has 0 aliphatic carbocycles. The van der Waals surface area contributed by atoms with Gasteiger partial charge in [-0.15, -0.1) is 0 Å². The van der Waals surface area contributed by atoms with Crippen molar-refractivity contribution in [3.63, 3.8) is 0 Å². The first kappa shape index (κ1) is 18.0. The van der Waals surface area contributed by atoms with Gasteiger partial charge in [-0.1, -0.05) is 26.8 Å². The average molecular weight is 396 g/mol. The summed E-state index contributed by atoms with van der Waals surface area (Å²) in [5.41, 5.74) is -1.18. The van der Waals surface area contributed by atoms with E-state index in [1.54, 1.807) is 39.0 Å². The van der Waals surface area contributed by atoms with Crippen LogP contribution in [-0.4, -0.2) is 15.8 Å². The van der Waals surface area contributed by atoms with E-state index in [4.69, 9.17) is 0 Å². The van der Waals surface area contributed by atoms with Crippen molar-refractivity contribution in [2.24, 2.45) is 5.41 Å². The zero-order chi connectivity index (χ0) is 18.1. The van der Waals surface area contributed by atoms with Crippen molar-refractivity contribution in [3.8, 4) is 11.3 Å². The van der Waals surface area contributed by atoms with Crippen LogP contribution in [0.25, 0.3) is 11.3 Å². The topological polar surface area (TPSA) is 85.1 Å². The normalized spacial score (nSPS) is 11.2. The molecular formula is C16H15BrFN3O3. The Hall–Kier alpha value is -2.35. The van der Waals surface area contributed by atoms with E-state index in [-0.39, 0.29) is 15.7 Å². The number of pyridine rings is 1. The molecule has 6 nitrogen and oxygen atoms in total. The molecule has 0 aliphatic rings. The highest BCUT2D eigenvalue weighted by Gasteiger charge is 2.31. The van der Waals surface area contributed by atoms with Crippen LogP contribution < -0.4 is 5.32 Å². The van der Waals surface area contributed by atoms with Gasteiger partial charge in [-0.05, 0) is 34.1 Å². The van der Waals surface area contributed by atoms with Gasteiger partial charge in [0.25, 0.3) is 0 Å². The van der Waals surface area contributed by atoms with E-state index in [0.717, 1.165) is 0 Å². The second kappa shape index (κ2) is 6.64. The summed E-state index contributed by atoms with van der Waals surface area (Å²) < 4.78 is 14.2. The predicted molar refractivity (Wildman–Crippen MR) is 92.1 cm³/mol. The van der Waals surface area contributed by atoms with Gasteiger partial charge in [-0.3, -0.25) is 19.9 Å². The third-order valence-electron chi connectivity index (χ3n) is 3.24. The molecule has 0 fully saturated rings. The smallest absolute Gasteiger partial charge is 0.319 e. The molecule has 126 valence electrons. The van der Waals surface area contributed by atoms with Crippen molar-refractivity contribution >= 4 is 33.2 Å². The Kier molecular flexibility index (Phi) is 4.98. The fourth-order valence-electron chi connectivity index (χ4n) is 1.94. The van der Waals surface area contributed by atoms with E-state index >= 15 is 0 Å². The van der Waals surface area contributed by atoms with E-state index in [0.29, 0.717) is 5.69 Å². The first-order valence-electron chi connectivity index (χ1n) is 7.02. The fourth-order valence-corrected chi connectivity index (χ4v) is 2.35. The van der Waals surface area contributed by atoms with Crippen LogP contribution in [0.15, 0.2) is 34.9 Å². The summed E-state index contributed by atoms with van der Waals surface area (Å²) in [5.74, 6) is -1.52. The summed E-state index contributed by atoms with van der Waals surface area (Å²) in [5, 5.41) is 13.9. The molecule has 8 heteroatoms. The van der Waals surface area contributed by atoms with Crippen LogP contribution in [-0.2, 0) is 4.79 Å². The number of nitrogens with zero attached hydrogens (tertiary/aromatic N) is 2. The van der Waals surface area contributed by atoms with E-state index in [9.17, 15) is 19.3 Å². The average Bonchev–Trinajstić information content (AvgIpc) is 2.50. The molecule has 0 saturated heterocycles. The standard InChI is InChI=1S/C16H15BrFN3O3/c1-16(2,3)15(22)20-13-9(11-6-4-5-7-19-11)8-10(17)12(18)14(13)21(23)24/h4-8H,1-3H3,(H,20,22).